The van der Waals surface area contributed by atoms with Gasteiger partial charge in [0.1, 0.15) is 5.69 Å². The Hall–Kier alpha value is -3.90. The molecule has 38 heavy (non-hydrogen) atoms. The van der Waals surface area contributed by atoms with Crippen LogP contribution in [0.15, 0.2) is 78.9 Å². The lowest BCUT2D eigenvalue weighted by atomic mass is 10.0. The molecule has 6 heteroatoms. The number of carbonyl (C=O) groups is 2. The number of nitrogens with one attached hydrogen (secondary N) is 2. The molecule has 1 aliphatic rings. The number of rotatable bonds is 9. The second-order valence-electron chi connectivity index (χ2n) is 10.5. The van der Waals surface area contributed by atoms with Crippen molar-refractivity contribution in [3.05, 3.63) is 101 Å². The molecule has 6 nitrogen and oxygen atoms in total. The van der Waals surface area contributed by atoms with Crippen molar-refractivity contribution in [3.8, 4) is 0 Å². The maximum Gasteiger partial charge on any atom is 0.268 e. The van der Waals surface area contributed by atoms with E-state index in [0.717, 1.165) is 47.2 Å². The molecule has 0 aliphatic carbocycles. The van der Waals surface area contributed by atoms with E-state index < -0.39 is 0 Å². The van der Waals surface area contributed by atoms with Gasteiger partial charge in [-0.2, -0.15) is 0 Å². The van der Waals surface area contributed by atoms with Gasteiger partial charge in [-0.1, -0.05) is 60.2 Å². The molecule has 1 atom stereocenters. The van der Waals surface area contributed by atoms with Crippen LogP contribution in [-0.2, 0) is 22.5 Å². The van der Waals surface area contributed by atoms with E-state index in [0.29, 0.717) is 31.6 Å². The zero-order valence-corrected chi connectivity index (χ0v) is 22.1. The fourth-order valence-electron chi connectivity index (χ4n) is 5.16. The largest absolute Gasteiger partial charge is 0.373 e. The summed E-state index contributed by atoms with van der Waals surface area (Å²) in [5.41, 5.74) is 5.39. The molecule has 1 fully saturated rings. The molecular formula is C32H35N3O3. The van der Waals surface area contributed by atoms with Crippen molar-refractivity contribution in [2.24, 2.45) is 0 Å². The average Bonchev–Trinajstić information content (AvgIpc) is 3.50. The van der Waals surface area contributed by atoms with E-state index >= 15 is 0 Å². The number of anilines is 1. The topological polar surface area (TPSA) is 72.4 Å². The monoisotopic (exact) mass is 509 g/mol. The second-order valence-corrected chi connectivity index (χ2v) is 10.5. The summed E-state index contributed by atoms with van der Waals surface area (Å²) in [5.74, 6) is -0.158. The Morgan fingerprint density at radius 1 is 0.974 bits per heavy atom. The van der Waals surface area contributed by atoms with E-state index in [2.05, 4.69) is 47.2 Å². The molecule has 2 N–H and O–H groups in total. The predicted molar refractivity (Wildman–Crippen MR) is 152 cm³/mol. The number of benzene rings is 3. The van der Waals surface area contributed by atoms with Crippen LogP contribution < -0.4 is 10.6 Å². The van der Waals surface area contributed by atoms with Crippen LogP contribution in [0.25, 0.3) is 10.9 Å². The first-order valence-electron chi connectivity index (χ1n) is 13.3. The van der Waals surface area contributed by atoms with Crippen LogP contribution >= 0.6 is 0 Å². The standard InChI is InChI=1S/C32H35N3O3/c1-23-8-6-11-25(18-23)21-35-28-14-13-27(34-30(36)15-12-24-9-4-3-5-10-24)19-26(28)20-29(35)31(37)33-22-32(2)16-7-17-38-32/h3-6,8-11,13-14,18-20H,7,12,15-17,21-22H2,1-2H3,(H,33,37)(H,34,36). The summed E-state index contributed by atoms with van der Waals surface area (Å²) < 4.78 is 7.92. The van der Waals surface area contributed by atoms with E-state index in [9.17, 15) is 9.59 Å². The Morgan fingerprint density at radius 2 is 1.79 bits per heavy atom. The summed E-state index contributed by atoms with van der Waals surface area (Å²) in [5, 5.41) is 7.04. The Morgan fingerprint density at radius 3 is 2.55 bits per heavy atom. The van der Waals surface area contributed by atoms with Gasteiger partial charge in [-0.25, -0.2) is 0 Å². The number of ether oxygens (including phenoxy) is 1. The van der Waals surface area contributed by atoms with Gasteiger partial charge in [-0.15, -0.1) is 0 Å². The highest BCUT2D eigenvalue weighted by molar-refractivity contribution is 6.00. The molecule has 2 amide bonds. The summed E-state index contributed by atoms with van der Waals surface area (Å²) in [6.07, 6.45) is 3.05. The first-order chi connectivity index (χ1) is 18.4. The number of fused-ring (bicyclic) bond motifs is 1. The molecule has 1 unspecified atom stereocenters. The molecule has 5 rings (SSSR count). The smallest absolute Gasteiger partial charge is 0.268 e. The molecule has 0 spiro atoms. The van der Waals surface area contributed by atoms with Gasteiger partial charge >= 0.3 is 0 Å². The Bertz CT molecular complexity index is 1440. The van der Waals surface area contributed by atoms with Crippen molar-refractivity contribution in [3.63, 3.8) is 0 Å². The highest BCUT2D eigenvalue weighted by atomic mass is 16.5. The highest BCUT2D eigenvalue weighted by Gasteiger charge is 2.30. The van der Waals surface area contributed by atoms with Gasteiger partial charge < -0.3 is 19.9 Å². The molecule has 3 aromatic carbocycles. The fraction of sp³-hybridized carbons (Fsp3) is 0.312. The van der Waals surface area contributed by atoms with Crippen molar-refractivity contribution in [1.82, 2.24) is 9.88 Å². The molecule has 1 aliphatic heterocycles. The van der Waals surface area contributed by atoms with Crippen molar-refractivity contribution < 1.29 is 14.3 Å². The maximum atomic E-state index is 13.4. The van der Waals surface area contributed by atoms with E-state index in [-0.39, 0.29) is 17.4 Å². The van der Waals surface area contributed by atoms with Gasteiger partial charge in [0.15, 0.2) is 0 Å². The third-order valence-electron chi connectivity index (χ3n) is 7.25. The van der Waals surface area contributed by atoms with Gasteiger partial charge in [0.05, 0.1) is 5.60 Å². The average molecular weight is 510 g/mol. The predicted octanol–water partition coefficient (Wildman–Crippen LogP) is 5.87. The van der Waals surface area contributed by atoms with Crippen LogP contribution in [0, 0.1) is 6.92 Å². The molecule has 4 aromatic rings. The van der Waals surface area contributed by atoms with Gasteiger partial charge in [0.25, 0.3) is 5.91 Å². The highest BCUT2D eigenvalue weighted by Crippen LogP contribution is 2.27. The van der Waals surface area contributed by atoms with Crippen molar-refractivity contribution >= 4 is 28.4 Å². The maximum absolute atomic E-state index is 13.4. The van der Waals surface area contributed by atoms with Crippen molar-refractivity contribution in [2.45, 2.75) is 51.7 Å². The first kappa shape index (κ1) is 25.7. The Labute approximate surface area is 224 Å². The van der Waals surface area contributed by atoms with E-state index in [4.69, 9.17) is 4.74 Å². The van der Waals surface area contributed by atoms with E-state index in [1.54, 1.807) is 0 Å². The zero-order chi connectivity index (χ0) is 26.5. The molecule has 196 valence electrons. The van der Waals surface area contributed by atoms with Gasteiger partial charge in [-0.05, 0) is 68.5 Å². The Kier molecular flexibility index (Phi) is 7.61. The molecular weight excluding hydrogens is 474 g/mol. The summed E-state index contributed by atoms with van der Waals surface area (Å²) in [7, 11) is 0. The molecule has 0 radical (unpaired) electrons. The molecule has 2 heterocycles. The summed E-state index contributed by atoms with van der Waals surface area (Å²) in [4.78, 5) is 26.0. The second kappa shape index (κ2) is 11.2. The van der Waals surface area contributed by atoms with E-state index in [1.807, 2.05) is 60.7 Å². The van der Waals surface area contributed by atoms with Crippen LogP contribution in [0.3, 0.4) is 0 Å². The van der Waals surface area contributed by atoms with Gasteiger partial charge in [0, 0.05) is 42.7 Å². The van der Waals surface area contributed by atoms with Gasteiger partial charge in [-0.3, -0.25) is 9.59 Å². The minimum Gasteiger partial charge on any atom is -0.373 e. The van der Waals surface area contributed by atoms with Crippen LogP contribution in [0.4, 0.5) is 5.69 Å². The SMILES string of the molecule is Cc1cccc(Cn2c(C(=O)NCC3(C)CCCO3)cc3cc(NC(=O)CCc4ccccc4)ccc32)c1. The van der Waals surface area contributed by atoms with Crippen LogP contribution in [-0.4, -0.2) is 35.1 Å². The van der Waals surface area contributed by atoms with Crippen LogP contribution in [0.2, 0.25) is 0 Å². The summed E-state index contributed by atoms with van der Waals surface area (Å²) in [6, 6.07) is 26.1. The number of amides is 2. The minimum absolute atomic E-state index is 0.0322. The van der Waals surface area contributed by atoms with Crippen molar-refractivity contribution in [2.75, 3.05) is 18.5 Å². The first-order valence-corrected chi connectivity index (χ1v) is 13.3. The van der Waals surface area contributed by atoms with E-state index in [1.165, 1.54) is 5.56 Å². The third kappa shape index (κ3) is 6.14. The summed E-state index contributed by atoms with van der Waals surface area (Å²) >= 11 is 0. The Balaban J connectivity index is 1.37. The number of aromatic nitrogens is 1. The van der Waals surface area contributed by atoms with Crippen molar-refractivity contribution in [1.29, 1.82) is 0 Å². The molecule has 0 bridgehead atoms. The quantitative estimate of drug-likeness (QED) is 0.297. The zero-order valence-electron chi connectivity index (χ0n) is 22.1. The molecule has 1 aromatic heterocycles. The fourth-order valence-corrected chi connectivity index (χ4v) is 5.16. The summed E-state index contributed by atoms with van der Waals surface area (Å²) in [6.45, 7) is 5.90. The molecule has 0 saturated carbocycles. The number of hydrogen-bond acceptors (Lipinski definition) is 3. The number of nitrogens with zero attached hydrogens (tertiary/aromatic N) is 1. The van der Waals surface area contributed by atoms with Crippen LogP contribution in [0.1, 0.15) is 53.4 Å². The normalized spacial score (nSPS) is 17.0. The number of carbonyl (C=O) groups excluding carboxylic acids is 2. The lowest BCUT2D eigenvalue weighted by Crippen LogP contribution is -2.40. The van der Waals surface area contributed by atoms with Gasteiger partial charge in [0.2, 0.25) is 5.91 Å². The lowest BCUT2D eigenvalue weighted by molar-refractivity contribution is -0.116. The minimum atomic E-state index is -0.319. The number of hydrogen-bond donors (Lipinski definition) is 2. The number of aryl methyl sites for hydroxylation is 2. The van der Waals surface area contributed by atoms with Crippen LogP contribution in [0.5, 0.6) is 0 Å². The third-order valence-corrected chi connectivity index (χ3v) is 7.25. The molecule has 1 saturated heterocycles. The lowest BCUT2D eigenvalue weighted by Gasteiger charge is -2.23.